The zero-order valence-corrected chi connectivity index (χ0v) is 21.7. The van der Waals surface area contributed by atoms with E-state index in [1.165, 1.54) is 10.4 Å². The number of ether oxygens (including phenoxy) is 1. The van der Waals surface area contributed by atoms with Gasteiger partial charge in [-0.25, -0.2) is 10.2 Å². The molecule has 2 aromatic rings. The van der Waals surface area contributed by atoms with Crippen LogP contribution in [0.3, 0.4) is 0 Å². The van der Waals surface area contributed by atoms with Crippen LogP contribution in [0.15, 0.2) is 60.7 Å². The van der Waals surface area contributed by atoms with E-state index in [0.717, 1.165) is 0 Å². The van der Waals surface area contributed by atoms with Crippen LogP contribution in [0, 0.1) is 0 Å². The third-order valence-corrected chi connectivity index (χ3v) is 11.1. The maximum absolute atomic E-state index is 12.1. The Labute approximate surface area is 199 Å². The number of benzene rings is 2. The third kappa shape index (κ3) is 6.03. The zero-order chi connectivity index (χ0) is 24.3. The zero-order valence-electron chi connectivity index (χ0n) is 20.7. The molecular formula is C26H39N3O3Si. The summed E-state index contributed by atoms with van der Waals surface area (Å²) < 4.78 is 12.5. The van der Waals surface area contributed by atoms with Crippen LogP contribution in [-0.4, -0.2) is 38.2 Å². The molecule has 0 spiro atoms. The first kappa shape index (κ1) is 25.4. The van der Waals surface area contributed by atoms with Crippen LogP contribution in [0.4, 0.5) is 4.79 Å². The van der Waals surface area contributed by atoms with Crippen molar-refractivity contribution in [3.63, 3.8) is 0 Å². The van der Waals surface area contributed by atoms with E-state index in [9.17, 15) is 4.79 Å². The lowest BCUT2D eigenvalue weighted by molar-refractivity contribution is 0.0486. The normalized spacial score (nSPS) is 21.6. The Bertz CT molecular complexity index is 870. The second-order valence-corrected chi connectivity index (χ2v) is 15.2. The highest BCUT2D eigenvalue weighted by Gasteiger charge is 2.53. The molecule has 180 valence electrons. The molecule has 6 nitrogen and oxygen atoms in total. The lowest BCUT2D eigenvalue weighted by Gasteiger charge is -2.45. The van der Waals surface area contributed by atoms with E-state index in [2.05, 4.69) is 80.2 Å². The van der Waals surface area contributed by atoms with Gasteiger partial charge >= 0.3 is 6.09 Å². The lowest BCUT2D eigenvalue weighted by atomic mass is 10.2. The lowest BCUT2D eigenvalue weighted by Crippen LogP contribution is -2.68. The average molecular weight is 470 g/mol. The molecule has 33 heavy (non-hydrogen) atoms. The highest BCUT2D eigenvalue weighted by molar-refractivity contribution is 6.99. The first-order chi connectivity index (χ1) is 15.4. The Kier molecular flexibility index (Phi) is 7.68. The van der Waals surface area contributed by atoms with Gasteiger partial charge in [-0.2, -0.15) is 0 Å². The fraction of sp³-hybridized carbons (Fsp3) is 0.500. The fourth-order valence-corrected chi connectivity index (χ4v) is 9.41. The molecule has 0 heterocycles. The molecule has 0 aromatic heterocycles. The van der Waals surface area contributed by atoms with E-state index in [-0.39, 0.29) is 23.2 Å². The Morgan fingerprint density at radius 1 is 0.909 bits per heavy atom. The van der Waals surface area contributed by atoms with Gasteiger partial charge in [-0.1, -0.05) is 81.4 Å². The quantitative estimate of drug-likeness (QED) is 0.446. The number of rotatable bonds is 6. The molecule has 1 saturated carbocycles. The van der Waals surface area contributed by atoms with Crippen molar-refractivity contribution < 1.29 is 14.0 Å². The average Bonchev–Trinajstić information content (AvgIpc) is 3.09. The SMILES string of the molecule is CC(C)(C)OC(=O)NN[C@H]1C[C@H](O[Si](c2ccccc2)(c2ccccc2)C(C)(C)C)[C@@H](N)C1. The number of amides is 1. The summed E-state index contributed by atoms with van der Waals surface area (Å²) in [5.41, 5.74) is 11.8. The summed E-state index contributed by atoms with van der Waals surface area (Å²) in [6.45, 7) is 12.3. The molecular weight excluding hydrogens is 430 g/mol. The van der Waals surface area contributed by atoms with Crippen LogP contribution < -0.4 is 27.0 Å². The van der Waals surface area contributed by atoms with Gasteiger partial charge < -0.3 is 14.9 Å². The molecule has 0 aliphatic heterocycles. The smallest absolute Gasteiger partial charge is 0.422 e. The molecule has 0 unspecified atom stereocenters. The van der Waals surface area contributed by atoms with Gasteiger partial charge in [0.25, 0.3) is 8.32 Å². The van der Waals surface area contributed by atoms with Crippen molar-refractivity contribution in [2.75, 3.05) is 0 Å². The Morgan fingerprint density at radius 2 is 1.42 bits per heavy atom. The Morgan fingerprint density at radius 3 is 1.88 bits per heavy atom. The molecule has 0 radical (unpaired) electrons. The monoisotopic (exact) mass is 469 g/mol. The summed E-state index contributed by atoms with van der Waals surface area (Å²) >= 11 is 0. The van der Waals surface area contributed by atoms with Crippen LogP contribution in [0.1, 0.15) is 54.4 Å². The first-order valence-electron chi connectivity index (χ1n) is 11.7. The second-order valence-electron chi connectivity index (χ2n) is 10.9. The minimum absolute atomic E-state index is 0.00994. The third-order valence-electron chi connectivity index (χ3n) is 6.07. The van der Waals surface area contributed by atoms with E-state index >= 15 is 0 Å². The van der Waals surface area contributed by atoms with Gasteiger partial charge in [-0.05, 0) is 49.0 Å². The summed E-state index contributed by atoms with van der Waals surface area (Å²) in [6.07, 6.45) is 0.793. The van der Waals surface area contributed by atoms with Crippen molar-refractivity contribution in [3.8, 4) is 0 Å². The largest absolute Gasteiger partial charge is 0.443 e. The van der Waals surface area contributed by atoms with Gasteiger partial charge in [0.2, 0.25) is 0 Å². The maximum Gasteiger partial charge on any atom is 0.422 e. The topological polar surface area (TPSA) is 85.6 Å². The number of nitrogens with one attached hydrogen (secondary N) is 2. The first-order valence-corrected chi connectivity index (χ1v) is 13.6. The molecule has 4 N–H and O–H groups in total. The number of hydrogen-bond donors (Lipinski definition) is 3. The summed E-state index contributed by atoms with van der Waals surface area (Å²) in [7, 11) is -2.68. The van der Waals surface area contributed by atoms with Gasteiger partial charge in [0.15, 0.2) is 0 Å². The molecule has 3 rings (SSSR count). The fourth-order valence-electron chi connectivity index (χ4n) is 4.67. The predicted octanol–water partition coefficient (Wildman–Crippen LogP) is 3.45. The van der Waals surface area contributed by atoms with Crippen molar-refractivity contribution >= 4 is 24.8 Å². The van der Waals surface area contributed by atoms with Gasteiger partial charge in [0.05, 0.1) is 6.10 Å². The number of hydrazine groups is 1. The van der Waals surface area contributed by atoms with Crippen molar-refractivity contribution in [2.24, 2.45) is 5.73 Å². The number of nitrogens with two attached hydrogens (primary N) is 1. The number of carbonyl (C=O) groups is 1. The van der Waals surface area contributed by atoms with Crippen molar-refractivity contribution in [3.05, 3.63) is 60.7 Å². The molecule has 7 heteroatoms. The molecule has 1 aliphatic rings. The number of carbonyl (C=O) groups excluding carboxylic acids is 1. The Hall–Kier alpha value is -2.19. The highest BCUT2D eigenvalue weighted by Crippen LogP contribution is 2.39. The summed E-state index contributed by atoms with van der Waals surface area (Å²) in [4.78, 5) is 12.1. The molecule has 1 amide bonds. The van der Waals surface area contributed by atoms with Crippen LogP contribution in [0.25, 0.3) is 0 Å². The molecule has 3 atom stereocenters. The molecule has 0 saturated heterocycles. The molecule has 2 aromatic carbocycles. The highest BCUT2D eigenvalue weighted by atomic mass is 28.4. The van der Waals surface area contributed by atoms with E-state index in [0.29, 0.717) is 12.8 Å². The number of hydrogen-bond acceptors (Lipinski definition) is 5. The second kappa shape index (κ2) is 9.97. The van der Waals surface area contributed by atoms with E-state index in [4.69, 9.17) is 14.9 Å². The van der Waals surface area contributed by atoms with E-state index in [1.54, 1.807) is 0 Å². The summed E-state index contributed by atoms with van der Waals surface area (Å²) in [5, 5.41) is 2.36. The van der Waals surface area contributed by atoms with Crippen LogP contribution in [0.5, 0.6) is 0 Å². The van der Waals surface area contributed by atoms with Gasteiger partial charge in [0, 0.05) is 12.1 Å². The summed E-state index contributed by atoms with van der Waals surface area (Å²) in [5.74, 6) is 0. The standard InChI is InChI=1S/C26H39N3O3Si/c1-25(2,3)31-24(30)29-28-19-17-22(27)23(18-19)32-33(26(4,5)6,20-13-9-7-10-14-20)21-15-11-8-12-16-21/h7-16,19,22-23,28H,17-18,27H2,1-6H3,(H,29,30)/t19-,22+,23+/m1/s1. The van der Waals surface area contributed by atoms with E-state index < -0.39 is 20.0 Å². The van der Waals surface area contributed by atoms with Crippen LogP contribution in [-0.2, 0) is 9.16 Å². The van der Waals surface area contributed by atoms with Gasteiger partial charge in [-0.3, -0.25) is 5.43 Å². The van der Waals surface area contributed by atoms with Crippen LogP contribution in [0.2, 0.25) is 5.04 Å². The van der Waals surface area contributed by atoms with Crippen molar-refractivity contribution in [1.29, 1.82) is 0 Å². The Balaban J connectivity index is 1.84. The molecule has 0 bridgehead atoms. The van der Waals surface area contributed by atoms with E-state index in [1.807, 2.05) is 32.9 Å². The minimum Gasteiger partial charge on any atom is -0.443 e. The van der Waals surface area contributed by atoms with Gasteiger partial charge in [-0.15, -0.1) is 0 Å². The van der Waals surface area contributed by atoms with Crippen molar-refractivity contribution in [1.82, 2.24) is 10.9 Å². The summed E-state index contributed by atoms with van der Waals surface area (Å²) in [6, 6.07) is 21.0. The molecule has 1 aliphatic carbocycles. The van der Waals surface area contributed by atoms with Gasteiger partial charge in [0.1, 0.15) is 5.60 Å². The minimum atomic E-state index is -2.68. The predicted molar refractivity (Wildman–Crippen MR) is 136 cm³/mol. The van der Waals surface area contributed by atoms with Crippen molar-refractivity contribution in [2.45, 2.75) is 83.2 Å². The van der Waals surface area contributed by atoms with Crippen LogP contribution >= 0.6 is 0 Å². The maximum atomic E-state index is 12.1. The molecule has 1 fully saturated rings.